The molecular formula is C14H9BrF4. The van der Waals surface area contributed by atoms with Crippen molar-refractivity contribution in [3.63, 3.8) is 0 Å². The zero-order valence-electron chi connectivity index (χ0n) is 9.85. The van der Waals surface area contributed by atoms with Gasteiger partial charge in [0.2, 0.25) is 0 Å². The predicted molar refractivity (Wildman–Crippen MR) is 69.3 cm³/mol. The summed E-state index contributed by atoms with van der Waals surface area (Å²) in [5.41, 5.74) is 0.573. The lowest BCUT2D eigenvalue weighted by Gasteiger charge is -2.13. The van der Waals surface area contributed by atoms with E-state index in [1.165, 1.54) is 24.3 Å². The number of aryl methyl sites for hydroxylation is 1. The molecule has 0 atom stereocenters. The van der Waals surface area contributed by atoms with Crippen LogP contribution in [-0.2, 0) is 6.18 Å². The van der Waals surface area contributed by atoms with E-state index in [0.717, 1.165) is 6.07 Å². The van der Waals surface area contributed by atoms with Crippen LogP contribution < -0.4 is 0 Å². The van der Waals surface area contributed by atoms with Crippen LogP contribution >= 0.6 is 15.9 Å². The van der Waals surface area contributed by atoms with Crippen LogP contribution in [0, 0.1) is 12.7 Å². The molecule has 0 bridgehead atoms. The Hall–Kier alpha value is -1.36. The maximum Gasteiger partial charge on any atom is 0.417 e. The molecule has 100 valence electrons. The van der Waals surface area contributed by atoms with Gasteiger partial charge in [-0.3, -0.25) is 0 Å². The van der Waals surface area contributed by atoms with Crippen LogP contribution in [0.4, 0.5) is 17.6 Å². The summed E-state index contributed by atoms with van der Waals surface area (Å²) in [7, 11) is 0. The average Bonchev–Trinajstić information content (AvgIpc) is 2.32. The first-order valence-corrected chi connectivity index (χ1v) is 6.22. The summed E-state index contributed by atoms with van der Waals surface area (Å²) in [4.78, 5) is 0. The van der Waals surface area contributed by atoms with Crippen molar-refractivity contribution in [2.45, 2.75) is 13.1 Å². The van der Waals surface area contributed by atoms with E-state index in [2.05, 4.69) is 15.9 Å². The van der Waals surface area contributed by atoms with Crippen LogP contribution in [0.1, 0.15) is 11.1 Å². The van der Waals surface area contributed by atoms with Crippen molar-refractivity contribution >= 4 is 15.9 Å². The predicted octanol–water partition coefficient (Wildman–Crippen LogP) is 5.58. The van der Waals surface area contributed by atoms with Crippen molar-refractivity contribution in [2.24, 2.45) is 0 Å². The topological polar surface area (TPSA) is 0 Å². The van der Waals surface area contributed by atoms with Gasteiger partial charge in [0, 0.05) is 4.47 Å². The number of hydrogen-bond donors (Lipinski definition) is 0. The van der Waals surface area contributed by atoms with Gasteiger partial charge >= 0.3 is 6.18 Å². The Morgan fingerprint density at radius 2 is 1.74 bits per heavy atom. The maximum absolute atomic E-state index is 13.2. The lowest BCUT2D eigenvalue weighted by Crippen LogP contribution is -2.06. The summed E-state index contributed by atoms with van der Waals surface area (Å²) in [6, 6.07) is 8.13. The molecule has 0 fully saturated rings. The molecule has 0 aliphatic heterocycles. The largest absolute Gasteiger partial charge is 0.417 e. The molecule has 0 heterocycles. The summed E-state index contributed by atoms with van der Waals surface area (Å²) in [5, 5.41) is 0. The molecule has 0 aromatic heterocycles. The third-order valence-corrected chi connectivity index (χ3v) is 3.63. The van der Waals surface area contributed by atoms with Crippen molar-refractivity contribution in [1.29, 1.82) is 0 Å². The Bertz CT molecular complexity index is 617. The van der Waals surface area contributed by atoms with E-state index in [9.17, 15) is 17.6 Å². The second-order valence-electron chi connectivity index (χ2n) is 4.13. The number of rotatable bonds is 1. The molecule has 0 aliphatic rings. The van der Waals surface area contributed by atoms with E-state index in [4.69, 9.17) is 0 Å². The highest BCUT2D eigenvalue weighted by molar-refractivity contribution is 9.10. The van der Waals surface area contributed by atoms with Crippen LogP contribution in [0.5, 0.6) is 0 Å². The molecule has 0 amide bonds. The van der Waals surface area contributed by atoms with Crippen LogP contribution in [0.25, 0.3) is 11.1 Å². The SMILES string of the molecule is Cc1cc(-c2cccc(C(F)(F)F)c2Br)ccc1F. The summed E-state index contributed by atoms with van der Waals surface area (Å²) >= 11 is 2.98. The van der Waals surface area contributed by atoms with Crippen LogP contribution in [-0.4, -0.2) is 0 Å². The summed E-state index contributed by atoms with van der Waals surface area (Å²) in [6.45, 7) is 1.57. The van der Waals surface area contributed by atoms with Crippen molar-refractivity contribution in [1.82, 2.24) is 0 Å². The summed E-state index contributed by atoms with van der Waals surface area (Å²) in [5.74, 6) is -0.383. The number of hydrogen-bond acceptors (Lipinski definition) is 0. The molecule has 0 spiro atoms. The van der Waals surface area contributed by atoms with Gasteiger partial charge in [-0.2, -0.15) is 13.2 Å². The van der Waals surface area contributed by atoms with Gasteiger partial charge in [0.25, 0.3) is 0 Å². The molecule has 0 nitrogen and oxygen atoms in total. The van der Waals surface area contributed by atoms with Gasteiger partial charge in [-0.05, 0) is 57.7 Å². The first-order chi connectivity index (χ1) is 8.80. The van der Waals surface area contributed by atoms with E-state index in [0.29, 0.717) is 16.7 Å². The zero-order valence-corrected chi connectivity index (χ0v) is 11.4. The van der Waals surface area contributed by atoms with E-state index < -0.39 is 11.7 Å². The molecule has 0 aliphatic carbocycles. The quantitative estimate of drug-likeness (QED) is 0.598. The molecule has 0 radical (unpaired) electrons. The fourth-order valence-corrected chi connectivity index (χ4v) is 2.50. The third-order valence-electron chi connectivity index (χ3n) is 2.77. The normalized spacial score (nSPS) is 11.7. The fraction of sp³-hybridized carbons (Fsp3) is 0.143. The fourth-order valence-electron chi connectivity index (χ4n) is 1.79. The number of alkyl halides is 3. The standard InChI is InChI=1S/C14H9BrF4/c1-8-7-9(5-6-12(8)16)10-3-2-4-11(13(10)15)14(17,18)19/h2-7H,1H3. The molecule has 0 saturated heterocycles. The molecule has 2 rings (SSSR count). The van der Waals surface area contributed by atoms with Crippen molar-refractivity contribution < 1.29 is 17.6 Å². The minimum Gasteiger partial charge on any atom is -0.207 e. The zero-order chi connectivity index (χ0) is 14.2. The van der Waals surface area contributed by atoms with Gasteiger partial charge in [0.05, 0.1) is 5.56 Å². The van der Waals surface area contributed by atoms with E-state index in [-0.39, 0.29) is 10.3 Å². The maximum atomic E-state index is 13.2. The Kier molecular flexibility index (Phi) is 3.67. The highest BCUT2D eigenvalue weighted by Crippen LogP contribution is 2.40. The van der Waals surface area contributed by atoms with Gasteiger partial charge in [-0.15, -0.1) is 0 Å². The van der Waals surface area contributed by atoms with Gasteiger partial charge in [-0.1, -0.05) is 18.2 Å². The van der Waals surface area contributed by atoms with Crippen molar-refractivity contribution in [2.75, 3.05) is 0 Å². The average molecular weight is 333 g/mol. The van der Waals surface area contributed by atoms with E-state index in [1.54, 1.807) is 13.0 Å². The smallest absolute Gasteiger partial charge is 0.207 e. The molecular weight excluding hydrogens is 324 g/mol. The summed E-state index contributed by atoms with van der Waals surface area (Å²) in [6.07, 6.45) is -4.43. The first kappa shape index (κ1) is 14.1. The van der Waals surface area contributed by atoms with Crippen LogP contribution in [0.15, 0.2) is 40.9 Å². The molecule has 0 N–H and O–H groups in total. The Morgan fingerprint density at radius 1 is 1.05 bits per heavy atom. The van der Waals surface area contributed by atoms with Gasteiger partial charge in [0.15, 0.2) is 0 Å². The first-order valence-electron chi connectivity index (χ1n) is 5.43. The molecule has 5 heteroatoms. The monoisotopic (exact) mass is 332 g/mol. The molecule has 19 heavy (non-hydrogen) atoms. The van der Waals surface area contributed by atoms with Gasteiger partial charge < -0.3 is 0 Å². The van der Waals surface area contributed by atoms with Gasteiger partial charge in [-0.25, -0.2) is 4.39 Å². The van der Waals surface area contributed by atoms with E-state index in [1.807, 2.05) is 0 Å². The lowest BCUT2D eigenvalue weighted by molar-refractivity contribution is -0.138. The second kappa shape index (κ2) is 4.96. The van der Waals surface area contributed by atoms with E-state index >= 15 is 0 Å². The number of benzene rings is 2. The third kappa shape index (κ3) is 2.81. The van der Waals surface area contributed by atoms with Crippen molar-refractivity contribution in [3.05, 3.63) is 57.8 Å². The lowest BCUT2D eigenvalue weighted by atomic mass is 10.0. The Balaban J connectivity index is 2.60. The molecule has 0 saturated carbocycles. The van der Waals surface area contributed by atoms with Gasteiger partial charge in [0.1, 0.15) is 5.82 Å². The minimum atomic E-state index is -4.43. The number of halogens is 5. The molecule has 0 unspecified atom stereocenters. The second-order valence-corrected chi connectivity index (χ2v) is 4.92. The van der Waals surface area contributed by atoms with Crippen LogP contribution in [0.3, 0.4) is 0 Å². The summed E-state index contributed by atoms with van der Waals surface area (Å²) < 4.78 is 51.6. The Labute approximate surface area is 116 Å². The van der Waals surface area contributed by atoms with Crippen LogP contribution in [0.2, 0.25) is 0 Å². The minimum absolute atomic E-state index is 0.0338. The van der Waals surface area contributed by atoms with Crippen molar-refractivity contribution in [3.8, 4) is 11.1 Å². The molecule has 2 aromatic rings. The highest BCUT2D eigenvalue weighted by atomic mass is 79.9. The Morgan fingerprint density at radius 3 is 2.32 bits per heavy atom. The highest BCUT2D eigenvalue weighted by Gasteiger charge is 2.33. The molecule has 2 aromatic carbocycles.